The number of nitrogens with zero attached hydrogens (tertiary/aromatic N) is 2. The number of aromatic amines is 1. The minimum Gasteiger partial charge on any atom is -0.480 e. The molecule has 4 rings (SSSR count). The lowest BCUT2D eigenvalue weighted by molar-refractivity contribution is -0.144. The number of nitrogens with one attached hydrogen (secondary N) is 2. The number of para-hydroxylation sites is 1. The minimum atomic E-state index is -1.26. The average Bonchev–Trinajstić information content (AvgIpc) is 3.25. The maximum absolute atomic E-state index is 14.0. The van der Waals surface area contributed by atoms with Crippen molar-refractivity contribution < 1.29 is 24.3 Å². The third-order valence-electron chi connectivity index (χ3n) is 7.13. The van der Waals surface area contributed by atoms with Crippen molar-refractivity contribution in [2.24, 2.45) is 11.8 Å². The molecule has 9 heteroatoms. The van der Waals surface area contributed by atoms with Crippen LogP contribution in [0.25, 0.3) is 10.9 Å². The molecule has 188 valence electrons. The molecule has 4 amide bonds. The van der Waals surface area contributed by atoms with Gasteiger partial charge in [-0.05, 0) is 49.7 Å². The summed E-state index contributed by atoms with van der Waals surface area (Å²) in [5.74, 6) is -2.18. The first kappa shape index (κ1) is 24.8. The smallest absolute Gasteiger partial charge is 0.328 e. The molecule has 2 aliphatic rings. The predicted molar refractivity (Wildman–Crippen MR) is 131 cm³/mol. The summed E-state index contributed by atoms with van der Waals surface area (Å²) < 4.78 is 0. The number of H-pyrrole nitrogens is 1. The van der Waals surface area contributed by atoms with Crippen LogP contribution in [0.3, 0.4) is 0 Å². The molecule has 3 heterocycles. The number of benzene rings is 1. The van der Waals surface area contributed by atoms with Crippen LogP contribution in [0, 0.1) is 11.8 Å². The van der Waals surface area contributed by atoms with E-state index in [4.69, 9.17) is 0 Å². The Hall–Kier alpha value is -3.36. The standard InChI is InChI=1S/C26H34N4O5/c1-14(2)12-19(23(32)33)28-22(31)20(13-15(3)4)30-24(34)26(5)21-17(10-11-29(26)25(30)35)16-8-6-7-9-18(16)27-21/h6-9,14-15,19-20,27H,10-13H2,1-5H3,(H,28,31)(H,32,33). The number of rotatable bonds is 8. The van der Waals surface area contributed by atoms with Gasteiger partial charge in [-0.3, -0.25) is 9.59 Å². The molecule has 0 radical (unpaired) electrons. The second-order valence-corrected chi connectivity index (χ2v) is 10.6. The van der Waals surface area contributed by atoms with Gasteiger partial charge in [-0.15, -0.1) is 0 Å². The summed E-state index contributed by atoms with van der Waals surface area (Å²) in [5, 5.41) is 13.2. The van der Waals surface area contributed by atoms with Gasteiger partial charge < -0.3 is 20.3 Å². The van der Waals surface area contributed by atoms with Crippen molar-refractivity contribution >= 4 is 34.7 Å². The van der Waals surface area contributed by atoms with Gasteiger partial charge in [0.1, 0.15) is 12.1 Å². The first-order chi connectivity index (χ1) is 16.5. The van der Waals surface area contributed by atoms with E-state index in [0.29, 0.717) is 18.7 Å². The third kappa shape index (κ3) is 4.06. The summed E-state index contributed by atoms with van der Waals surface area (Å²) in [5.41, 5.74) is 1.32. The second-order valence-electron chi connectivity index (χ2n) is 10.6. The highest BCUT2D eigenvalue weighted by Gasteiger charge is 2.60. The van der Waals surface area contributed by atoms with Gasteiger partial charge in [-0.25, -0.2) is 14.5 Å². The first-order valence-corrected chi connectivity index (χ1v) is 12.2. The number of hydrogen-bond acceptors (Lipinski definition) is 4. The van der Waals surface area contributed by atoms with Crippen molar-refractivity contribution in [1.82, 2.24) is 20.1 Å². The zero-order valence-corrected chi connectivity index (χ0v) is 20.9. The molecule has 1 aromatic carbocycles. The largest absolute Gasteiger partial charge is 0.480 e. The second kappa shape index (κ2) is 9.02. The monoisotopic (exact) mass is 482 g/mol. The van der Waals surface area contributed by atoms with Crippen molar-refractivity contribution in [2.75, 3.05) is 6.54 Å². The van der Waals surface area contributed by atoms with E-state index in [1.54, 1.807) is 6.92 Å². The highest BCUT2D eigenvalue weighted by Crippen LogP contribution is 2.45. The van der Waals surface area contributed by atoms with Crippen LogP contribution >= 0.6 is 0 Å². The molecule has 3 N–H and O–H groups in total. The van der Waals surface area contributed by atoms with Crippen LogP contribution in [0.2, 0.25) is 0 Å². The molecule has 1 fully saturated rings. The third-order valence-corrected chi connectivity index (χ3v) is 7.13. The summed E-state index contributed by atoms with van der Waals surface area (Å²) in [7, 11) is 0. The Bertz CT molecular complexity index is 1190. The molecule has 0 aliphatic carbocycles. The lowest BCUT2D eigenvalue weighted by Gasteiger charge is -2.36. The van der Waals surface area contributed by atoms with E-state index >= 15 is 0 Å². The molecule has 2 aliphatic heterocycles. The summed E-state index contributed by atoms with van der Waals surface area (Å²) >= 11 is 0. The number of hydrogen-bond donors (Lipinski definition) is 3. The van der Waals surface area contributed by atoms with Gasteiger partial charge in [0.05, 0.1) is 5.69 Å². The van der Waals surface area contributed by atoms with Crippen LogP contribution in [-0.4, -0.2) is 62.3 Å². The van der Waals surface area contributed by atoms with Gasteiger partial charge in [0.15, 0.2) is 5.54 Å². The summed E-state index contributed by atoms with van der Waals surface area (Å²) in [6.45, 7) is 9.63. The van der Waals surface area contributed by atoms with Crippen LogP contribution in [0.1, 0.15) is 58.7 Å². The van der Waals surface area contributed by atoms with Crippen molar-refractivity contribution in [3.8, 4) is 0 Å². The van der Waals surface area contributed by atoms with Crippen LogP contribution < -0.4 is 5.32 Å². The summed E-state index contributed by atoms with van der Waals surface area (Å²) in [4.78, 5) is 58.7. The Kier molecular flexibility index (Phi) is 6.38. The Morgan fingerprint density at radius 2 is 1.77 bits per heavy atom. The Labute approximate surface area is 204 Å². The number of carbonyl (C=O) groups is 4. The van der Waals surface area contributed by atoms with Gasteiger partial charge in [-0.2, -0.15) is 0 Å². The van der Waals surface area contributed by atoms with Crippen molar-refractivity contribution in [3.05, 3.63) is 35.5 Å². The number of aliphatic carboxylic acids is 1. The average molecular weight is 483 g/mol. The fraction of sp³-hybridized carbons (Fsp3) is 0.538. The molecule has 0 spiro atoms. The molecule has 2 aromatic rings. The number of carboxylic acids is 1. The number of carboxylic acid groups (broad SMARTS) is 1. The van der Waals surface area contributed by atoms with E-state index in [-0.39, 0.29) is 24.7 Å². The molecular weight excluding hydrogens is 448 g/mol. The zero-order chi connectivity index (χ0) is 25.7. The van der Waals surface area contributed by atoms with Gasteiger partial charge in [-0.1, -0.05) is 45.9 Å². The van der Waals surface area contributed by atoms with Crippen molar-refractivity contribution in [1.29, 1.82) is 0 Å². The topological polar surface area (TPSA) is 123 Å². The number of aromatic nitrogens is 1. The molecule has 0 bridgehead atoms. The quantitative estimate of drug-likeness (QED) is 0.499. The number of fused-ring (bicyclic) bond motifs is 5. The zero-order valence-electron chi connectivity index (χ0n) is 20.9. The molecule has 3 atom stereocenters. The van der Waals surface area contributed by atoms with E-state index in [9.17, 15) is 24.3 Å². The van der Waals surface area contributed by atoms with E-state index in [0.717, 1.165) is 21.4 Å². The lowest BCUT2D eigenvalue weighted by Crippen LogP contribution is -2.54. The van der Waals surface area contributed by atoms with Crippen molar-refractivity contribution in [3.63, 3.8) is 0 Å². The molecule has 0 saturated carbocycles. The molecule has 3 unspecified atom stereocenters. The maximum Gasteiger partial charge on any atom is 0.328 e. The number of imide groups is 1. The molecule has 1 aromatic heterocycles. The number of carbonyl (C=O) groups excluding carboxylic acids is 3. The van der Waals surface area contributed by atoms with E-state index in [2.05, 4.69) is 10.3 Å². The Morgan fingerprint density at radius 1 is 1.11 bits per heavy atom. The SMILES string of the molecule is CC(C)CC(NC(=O)C(CC(C)C)N1C(=O)N2CCc3c([nH]c4ccccc34)C2(C)C1=O)C(=O)O. The van der Waals surface area contributed by atoms with Gasteiger partial charge in [0.25, 0.3) is 5.91 Å². The van der Waals surface area contributed by atoms with Gasteiger partial charge in [0, 0.05) is 17.4 Å². The van der Waals surface area contributed by atoms with Crippen LogP contribution in [-0.2, 0) is 26.3 Å². The van der Waals surface area contributed by atoms with E-state index < -0.39 is 41.4 Å². The van der Waals surface area contributed by atoms with Gasteiger partial charge >= 0.3 is 12.0 Å². The predicted octanol–water partition coefficient (Wildman–Crippen LogP) is 3.23. The summed E-state index contributed by atoms with van der Waals surface area (Å²) in [6, 6.07) is 5.09. The molecule has 1 saturated heterocycles. The first-order valence-electron chi connectivity index (χ1n) is 12.2. The molecular formula is C26H34N4O5. The fourth-order valence-electron chi connectivity index (χ4n) is 5.43. The number of amides is 4. The highest BCUT2D eigenvalue weighted by atomic mass is 16.4. The summed E-state index contributed by atoms with van der Waals surface area (Å²) in [6.07, 6.45) is 1.08. The van der Waals surface area contributed by atoms with Gasteiger partial charge in [0.2, 0.25) is 5.91 Å². The van der Waals surface area contributed by atoms with Crippen LogP contribution in [0.4, 0.5) is 4.79 Å². The Balaban J connectivity index is 1.72. The van der Waals surface area contributed by atoms with Crippen molar-refractivity contribution in [2.45, 2.75) is 71.5 Å². The fourth-order valence-corrected chi connectivity index (χ4v) is 5.43. The minimum absolute atomic E-state index is 0.00574. The Morgan fingerprint density at radius 3 is 2.40 bits per heavy atom. The molecule has 35 heavy (non-hydrogen) atoms. The molecule has 9 nitrogen and oxygen atoms in total. The lowest BCUT2D eigenvalue weighted by atomic mass is 9.86. The van der Waals surface area contributed by atoms with Crippen LogP contribution in [0.5, 0.6) is 0 Å². The maximum atomic E-state index is 14.0. The highest BCUT2D eigenvalue weighted by molar-refractivity contribution is 6.11. The normalized spacial score (nSPS) is 21.5. The van der Waals surface area contributed by atoms with E-state index in [1.165, 1.54) is 4.90 Å². The van der Waals surface area contributed by atoms with E-state index in [1.807, 2.05) is 52.0 Å². The number of urea groups is 1. The van der Waals surface area contributed by atoms with Crippen LogP contribution in [0.15, 0.2) is 24.3 Å².